The summed E-state index contributed by atoms with van der Waals surface area (Å²) in [5.41, 5.74) is 3.93. The first-order chi connectivity index (χ1) is 21.2. The van der Waals surface area contributed by atoms with Crippen molar-refractivity contribution in [3.8, 4) is 0 Å². The van der Waals surface area contributed by atoms with E-state index in [9.17, 15) is 9.59 Å². The molecule has 4 heterocycles. The summed E-state index contributed by atoms with van der Waals surface area (Å²) in [7, 11) is 0. The maximum absolute atomic E-state index is 14.6. The Balaban J connectivity index is 1.33. The molecule has 6 rings (SSSR count). The number of ether oxygens (including phenoxy) is 1. The van der Waals surface area contributed by atoms with Gasteiger partial charge in [-0.2, -0.15) is 0 Å². The lowest BCUT2D eigenvalue weighted by atomic mass is 9.94. The van der Waals surface area contributed by atoms with Crippen LogP contribution in [0.15, 0.2) is 55.2 Å². The summed E-state index contributed by atoms with van der Waals surface area (Å²) < 4.78 is 7.92. The van der Waals surface area contributed by atoms with Crippen LogP contribution in [0.2, 0.25) is 5.02 Å². The van der Waals surface area contributed by atoms with Crippen molar-refractivity contribution in [2.24, 2.45) is 0 Å². The summed E-state index contributed by atoms with van der Waals surface area (Å²) in [5, 5.41) is 0.719. The van der Waals surface area contributed by atoms with Crippen LogP contribution in [0.3, 0.4) is 0 Å². The summed E-state index contributed by atoms with van der Waals surface area (Å²) in [4.78, 5) is 43.4. The topological polar surface area (TPSA) is 83.8 Å². The van der Waals surface area contributed by atoms with E-state index in [4.69, 9.17) is 21.3 Å². The molecule has 0 bridgehead atoms. The quantitative estimate of drug-likeness (QED) is 0.375. The first kappa shape index (κ1) is 30.6. The number of hydrogen-bond donors (Lipinski definition) is 0. The van der Waals surface area contributed by atoms with Crippen molar-refractivity contribution in [2.45, 2.75) is 89.6 Å². The molecule has 3 aromatic rings. The first-order valence-corrected chi connectivity index (χ1v) is 16.3. The lowest BCUT2D eigenvalue weighted by Gasteiger charge is -2.46. The van der Waals surface area contributed by atoms with E-state index in [0.717, 1.165) is 55.8 Å². The molecule has 2 aromatic heterocycles. The maximum atomic E-state index is 14.6. The smallest absolute Gasteiger partial charge is 0.411 e. The number of fused-ring (bicyclic) bond motifs is 2. The van der Waals surface area contributed by atoms with Crippen LogP contribution >= 0.6 is 11.6 Å². The fourth-order valence-electron chi connectivity index (χ4n) is 7.04. The van der Waals surface area contributed by atoms with Crippen LogP contribution in [0.1, 0.15) is 74.9 Å². The van der Waals surface area contributed by atoms with E-state index >= 15 is 0 Å². The van der Waals surface area contributed by atoms with E-state index in [-0.39, 0.29) is 18.0 Å². The molecule has 2 aliphatic heterocycles. The molecule has 3 atom stereocenters. The van der Waals surface area contributed by atoms with E-state index in [0.29, 0.717) is 26.2 Å². The van der Waals surface area contributed by atoms with E-state index in [1.807, 2.05) is 56.5 Å². The second-order valence-electron chi connectivity index (χ2n) is 13.2. The van der Waals surface area contributed by atoms with Crippen molar-refractivity contribution in [1.82, 2.24) is 29.2 Å². The number of aryl methyl sites for hydroxylation is 3. The Morgan fingerprint density at radius 3 is 2.66 bits per heavy atom. The molecule has 2 saturated heterocycles. The number of amides is 2. The lowest BCUT2D eigenvalue weighted by Crippen LogP contribution is -2.63. The summed E-state index contributed by atoms with van der Waals surface area (Å²) in [6.07, 6.45) is 12.6. The molecule has 9 nitrogen and oxygen atoms in total. The molecule has 1 aromatic carbocycles. The number of rotatable bonds is 5. The van der Waals surface area contributed by atoms with Crippen molar-refractivity contribution in [2.75, 3.05) is 26.2 Å². The van der Waals surface area contributed by atoms with E-state index < -0.39 is 17.7 Å². The molecular formula is C34H43ClN6O3. The molecule has 234 valence electrons. The van der Waals surface area contributed by atoms with E-state index in [1.165, 1.54) is 16.7 Å². The average Bonchev–Trinajstić information content (AvgIpc) is 3.47. The number of imidazole rings is 1. The van der Waals surface area contributed by atoms with Crippen LogP contribution in [-0.2, 0) is 28.9 Å². The van der Waals surface area contributed by atoms with Gasteiger partial charge in [0.15, 0.2) is 0 Å². The van der Waals surface area contributed by atoms with Crippen LogP contribution in [0, 0.1) is 0 Å². The molecular weight excluding hydrogens is 576 g/mol. The van der Waals surface area contributed by atoms with Crippen LogP contribution in [-0.4, -0.2) is 85.1 Å². The number of nitrogens with zero attached hydrogens (tertiary/aromatic N) is 6. The van der Waals surface area contributed by atoms with Gasteiger partial charge in [-0.05, 0) is 94.2 Å². The number of carbonyl (C=O) groups is 2. The Hall–Kier alpha value is -3.43. The minimum Gasteiger partial charge on any atom is -0.444 e. The van der Waals surface area contributed by atoms with Gasteiger partial charge < -0.3 is 14.2 Å². The van der Waals surface area contributed by atoms with Gasteiger partial charge in [-0.3, -0.25) is 19.6 Å². The van der Waals surface area contributed by atoms with Gasteiger partial charge in [0.2, 0.25) is 5.91 Å². The number of aromatic nitrogens is 3. The number of hydrogen-bond acceptors (Lipinski definition) is 6. The van der Waals surface area contributed by atoms with Gasteiger partial charge in [-0.1, -0.05) is 23.7 Å². The van der Waals surface area contributed by atoms with Gasteiger partial charge in [0.05, 0.1) is 18.1 Å². The van der Waals surface area contributed by atoms with Crippen molar-refractivity contribution in [3.63, 3.8) is 0 Å². The Morgan fingerprint density at radius 2 is 1.86 bits per heavy atom. The second-order valence-corrected chi connectivity index (χ2v) is 13.7. The average molecular weight is 619 g/mol. The number of pyridine rings is 1. The fraction of sp³-hybridized carbons (Fsp3) is 0.529. The Morgan fingerprint density at radius 1 is 1.02 bits per heavy atom. The third kappa shape index (κ3) is 6.64. The zero-order valence-corrected chi connectivity index (χ0v) is 26.7. The van der Waals surface area contributed by atoms with Gasteiger partial charge >= 0.3 is 6.09 Å². The third-order valence-corrected chi connectivity index (χ3v) is 9.36. The highest BCUT2D eigenvalue weighted by Gasteiger charge is 2.44. The predicted octanol–water partition coefficient (Wildman–Crippen LogP) is 5.51. The molecule has 0 spiro atoms. The number of piperidine rings is 1. The molecule has 2 fully saturated rings. The fourth-order valence-corrected chi connectivity index (χ4v) is 7.24. The van der Waals surface area contributed by atoms with Gasteiger partial charge in [0.1, 0.15) is 11.6 Å². The van der Waals surface area contributed by atoms with E-state index in [2.05, 4.69) is 32.7 Å². The normalized spacial score (nSPS) is 22.6. The standard InChI is InChI=1S/C34H43ClN6O3/c1-34(2,3)44-33(43)41-20-19-39(31-28-12-11-26(35)21-25(28)10-9-24-7-6-14-37-30(24)31)22-29(41)32(42)40-16-5-4-8-27(40)13-17-38-18-15-36-23-38/h6-7,11-12,14-15,18,21,23,27,29,31H,4-5,8-10,13,16-17,19-20,22H2,1-3H3/t27?,29-,31?/m1/s1. The molecule has 10 heteroatoms. The highest BCUT2D eigenvalue weighted by atomic mass is 35.5. The zero-order chi connectivity index (χ0) is 30.8. The highest BCUT2D eigenvalue weighted by Crippen LogP contribution is 2.38. The predicted molar refractivity (Wildman–Crippen MR) is 169 cm³/mol. The number of likely N-dealkylation sites (tertiary alicyclic amines) is 1. The summed E-state index contributed by atoms with van der Waals surface area (Å²) in [5.74, 6) is 0.00193. The van der Waals surface area contributed by atoms with Crippen molar-refractivity contribution < 1.29 is 14.3 Å². The number of carbonyl (C=O) groups excluding carboxylic acids is 2. The number of piperazine rings is 1. The molecule has 2 amide bonds. The SMILES string of the molecule is CC(C)(C)OC(=O)N1CCN(C2c3ccc(Cl)cc3CCc3cccnc32)C[C@@H]1C(=O)N1CCCCC1CCn1ccnc1. The van der Waals surface area contributed by atoms with Crippen LogP contribution in [0.5, 0.6) is 0 Å². The molecule has 44 heavy (non-hydrogen) atoms. The minimum atomic E-state index is -0.668. The highest BCUT2D eigenvalue weighted by molar-refractivity contribution is 6.30. The maximum Gasteiger partial charge on any atom is 0.411 e. The van der Waals surface area contributed by atoms with E-state index in [1.54, 1.807) is 11.1 Å². The Kier molecular flexibility index (Phi) is 8.96. The summed E-state index contributed by atoms with van der Waals surface area (Å²) >= 11 is 6.46. The third-order valence-electron chi connectivity index (χ3n) is 9.13. The molecule has 0 N–H and O–H groups in total. The Labute approximate surface area is 265 Å². The number of halogens is 1. The molecule has 0 saturated carbocycles. The van der Waals surface area contributed by atoms with Crippen molar-refractivity contribution in [1.29, 1.82) is 0 Å². The summed E-state index contributed by atoms with van der Waals surface area (Å²) in [6, 6.07) is 9.56. The number of benzene rings is 1. The second kappa shape index (κ2) is 12.9. The van der Waals surface area contributed by atoms with Gasteiger partial charge in [-0.25, -0.2) is 9.78 Å². The molecule has 1 aliphatic carbocycles. The summed E-state index contributed by atoms with van der Waals surface area (Å²) in [6.45, 7) is 8.47. The van der Waals surface area contributed by atoms with Gasteiger partial charge in [0, 0.05) is 62.4 Å². The van der Waals surface area contributed by atoms with Crippen LogP contribution in [0.4, 0.5) is 4.79 Å². The molecule has 2 unspecified atom stereocenters. The minimum absolute atomic E-state index is 0.00193. The Bertz CT molecular complexity index is 1470. The largest absolute Gasteiger partial charge is 0.444 e. The van der Waals surface area contributed by atoms with Crippen LogP contribution in [0.25, 0.3) is 0 Å². The monoisotopic (exact) mass is 618 g/mol. The van der Waals surface area contributed by atoms with Gasteiger partial charge in [0.25, 0.3) is 0 Å². The van der Waals surface area contributed by atoms with Crippen molar-refractivity contribution >= 4 is 23.6 Å². The first-order valence-electron chi connectivity index (χ1n) is 15.9. The molecule has 3 aliphatic rings. The van der Waals surface area contributed by atoms with Gasteiger partial charge in [-0.15, -0.1) is 0 Å². The van der Waals surface area contributed by atoms with Crippen LogP contribution < -0.4 is 0 Å². The van der Waals surface area contributed by atoms with Crippen molar-refractivity contribution in [3.05, 3.63) is 82.7 Å². The molecule has 0 radical (unpaired) electrons. The lowest BCUT2D eigenvalue weighted by molar-refractivity contribution is -0.143. The zero-order valence-electron chi connectivity index (χ0n) is 26.0.